The molecule has 0 saturated carbocycles. The Labute approximate surface area is 169 Å². The zero-order chi connectivity index (χ0) is 22.5. The summed E-state index contributed by atoms with van der Waals surface area (Å²) in [5.41, 5.74) is 0. The van der Waals surface area contributed by atoms with Crippen molar-refractivity contribution in [3.63, 3.8) is 0 Å². The summed E-state index contributed by atoms with van der Waals surface area (Å²) in [6, 6.07) is -1.22. The average molecular weight is 480 g/mol. The van der Waals surface area contributed by atoms with Gasteiger partial charge in [0.25, 0.3) is 30.4 Å². The monoisotopic (exact) mass is 479 g/mol. The van der Waals surface area contributed by atoms with Gasteiger partial charge in [-0.2, -0.15) is 25.3 Å². The third-order valence-electron chi connectivity index (χ3n) is 3.96. The Bertz CT molecular complexity index is 943. The number of guanidine groups is 1. The van der Waals surface area contributed by atoms with Crippen LogP contribution in [-0.4, -0.2) is 88.8 Å². The lowest BCUT2D eigenvalue weighted by molar-refractivity contribution is 0.421. The fourth-order valence-electron chi connectivity index (χ4n) is 2.55. The minimum atomic E-state index is -4.65. The quantitative estimate of drug-likeness (QED) is 0.0776. The largest absolute Gasteiger partial charge is 0.349 e. The number of nitrogens with one attached hydrogen (secondary N) is 4. The van der Waals surface area contributed by atoms with Crippen molar-refractivity contribution in [2.75, 3.05) is 26.4 Å². The molecule has 0 radical (unpaired) electrons. The van der Waals surface area contributed by atoms with E-state index in [0.717, 1.165) is 6.08 Å². The van der Waals surface area contributed by atoms with E-state index in [1.165, 1.54) is 14.1 Å². The number of hydrogen-bond acceptors (Lipinski definition) is 9. The molecule has 7 N–H and O–H groups in total. The van der Waals surface area contributed by atoms with Crippen LogP contribution in [-0.2, 0) is 30.4 Å². The van der Waals surface area contributed by atoms with Crippen molar-refractivity contribution >= 4 is 36.3 Å². The minimum absolute atomic E-state index is 0.0285. The zero-order valence-electron chi connectivity index (χ0n) is 15.6. The molecule has 0 fully saturated rings. The van der Waals surface area contributed by atoms with Gasteiger partial charge in [0.1, 0.15) is 6.29 Å². The maximum Gasteiger partial charge on any atom is 0.292 e. The van der Waals surface area contributed by atoms with E-state index in [1.54, 1.807) is 0 Å². The average Bonchev–Trinajstić information content (AvgIpc) is 2.57. The molecule has 0 bridgehead atoms. The molecule has 1 rings (SSSR count). The van der Waals surface area contributed by atoms with Gasteiger partial charge in [-0.15, -0.1) is 0 Å². The van der Waals surface area contributed by atoms with Crippen LogP contribution in [0, 0.1) is 0 Å². The first-order valence-corrected chi connectivity index (χ1v) is 12.7. The summed E-state index contributed by atoms with van der Waals surface area (Å²) in [7, 11) is -10.4. The lowest BCUT2D eigenvalue weighted by Gasteiger charge is -2.30. The van der Waals surface area contributed by atoms with Gasteiger partial charge < -0.3 is 10.6 Å². The number of aliphatic imine (C=N–C) groups is 1. The highest BCUT2D eigenvalue weighted by Gasteiger charge is 2.36. The molecule has 17 heteroatoms. The molecule has 29 heavy (non-hydrogen) atoms. The lowest BCUT2D eigenvalue weighted by Crippen LogP contribution is -2.59. The van der Waals surface area contributed by atoms with Crippen molar-refractivity contribution in [2.24, 2.45) is 4.99 Å². The van der Waals surface area contributed by atoms with Gasteiger partial charge in [0.2, 0.25) is 0 Å². The minimum Gasteiger partial charge on any atom is -0.349 e. The van der Waals surface area contributed by atoms with Gasteiger partial charge in [-0.1, -0.05) is 6.08 Å². The van der Waals surface area contributed by atoms with Crippen molar-refractivity contribution in [1.29, 1.82) is 0 Å². The number of allylic oxidation sites excluding steroid dienone is 1. The number of hydrogen-bond donors (Lipinski definition) is 7. The van der Waals surface area contributed by atoms with Gasteiger partial charge in [-0.25, -0.2) is 0 Å². The first-order chi connectivity index (χ1) is 13.2. The van der Waals surface area contributed by atoms with Crippen molar-refractivity contribution in [2.45, 2.75) is 30.4 Å². The topological polar surface area (TPSA) is 224 Å². The molecule has 0 aromatic carbocycles. The third-order valence-corrected chi connectivity index (χ3v) is 6.95. The Balaban J connectivity index is 2.93. The molecule has 0 heterocycles. The molecule has 0 amide bonds. The van der Waals surface area contributed by atoms with Crippen molar-refractivity contribution < 1.29 is 38.9 Å². The van der Waals surface area contributed by atoms with Crippen LogP contribution >= 0.6 is 0 Å². The molecule has 0 spiro atoms. The molecule has 1 aliphatic carbocycles. The molecule has 0 unspecified atom stereocenters. The maximum atomic E-state index is 11.6. The van der Waals surface area contributed by atoms with Crippen LogP contribution in [0.3, 0.4) is 0 Å². The van der Waals surface area contributed by atoms with Gasteiger partial charge in [-0.3, -0.25) is 29.3 Å². The van der Waals surface area contributed by atoms with Gasteiger partial charge in [-0.05, 0) is 19.9 Å². The van der Waals surface area contributed by atoms with Crippen LogP contribution in [0.15, 0.2) is 16.0 Å². The van der Waals surface area contributed by atoms with Gasteiger partial charge >= 0.3 is 0 Å². The smallest absolute Gasteiger partial charge is 0.292 e. The van der Waals surface area contributed by atoms with Gasteiger partial charge in [0, 0.05) is 13.6 Å². The van der Waals surface area contributed by atoms with E-state index in [-0.39, 0.29) is 25.3 Å². The highest BCUT2D eigenvalue weighted by molar-refractivity contribution is 7.90. The predicted molar refractivity (Wildman–Crippen MR) is 105 cm³/mol. The zero-order valence-corrected chi connectivity index (χ0v) is 18.1. The Morgan fingerprint density at radius 1 is 1.21 bits per heavy atom. The third kappa shape index (κ3) is 8.91. The summed E-state index contributed by atoms with van der Waals surface area (Å²) >= 11 is 0. The van der Waals surface area contributed by atoms with E-state index in [0.29, 0.717) is 0 Å². The molecule has 1 aliphatic rings. The summed E-state index contributed by atoms with van der Waals surface area (Å²) in [6.07, 6.45) is -0.426. The highest BCUT2D eigenvalue weighted by Crippen LogP contribution is 2.26. The molecule has 0 aromatic rings. The Morgan fingerprint density at radius 3 is 2.28 bits per heavy atom. The maximum absolute atomic E-state index is 11.6. The second-order valence-electron chi connectivity index (χ2n) is 6.07. The summed E-state index contributed by atoms with van der Waals surface area (Å²) in [4.78, 5) is 3.39. The van der Waals surface area contributed by atoms with Gasteiger partial charge in [0.15, 0.2) is 5.96 Å². The Kier molecular flexibility index (Phi) is 8.96. The number of nitrogens with zero attached hydrogens (tertiary/aromatic N) is 1. The van der Waals surface area contributed by atoms with Crippen molar-refractivity contribution in [3.8, 4) is 0 Å². The van der Waals surface area contributed by atoms with Gasteiger partial charge in [0.05, 0.1) is 21.9 Å². The first kappa shape index (κ1) is 25.7. The lowest BCUT2D eigenvalue weighted by atomic mass is 10.0. The molecule has 3 atom stereocenters. The van der Waals surface area contributed by atoms with E-state index in [2.05, 4.69) is 26.3 Å². The second-order valence-corrected chi connectivity index (χ2v) is 10.8. The molecule has 0 saturated heterocycles. The normalized spacial score (nSPS) is 22.7. The summed E-state index contributed by atoms with van der Waals surface area (Å²) in [6.45, 7) is -0.140. The summed E-state index contributed by atoms with van der Waals surface area (Å²) < 4.78 is 95.0. The first-order valence-electron chi connectivity index (χ1n) is 8.17. The molecule has 0 aromatic heterocycles. The van der Waals surface area contributed by atoms with E-state index in [9.17, 15) is 34.4 Å². The molecule has 0 aliphatic heterocycles. The SMILES string of the molecule is CN=C(N[C@H](NC)NCCS(=O)(=O)O)N[C@@H]1C[C@H](S(=O)(=O)O)CC=C1S(=O)(=O)O. The molecular weight excluding hydrogens is 454 g/mol. The van der Waals surface area contributed by atoms with Crippen LogP contribution in [0.1, 0.15) is 12.8 Å². The fraction of sp³-hybridized carbons (Fsp3) is 0.750. The fourth-order valence-corrected chi connectivity index (χ4v) is 4.53. The Hall–Kier alpha value is -1.34. The van der Waals surface area contributed by atoms with E-state index < -0.39 is 58.6 Å². The standard InChI is InChI=1S/C12H25N5O9S3/c1-13-11(15-5-6-27(18,19)20)17-12(14-2)16-9-7-8(28(21,22)23)3-4-10(9)29(24,25)26/h4,8-9,11,13,15H,3,5-7H2,1-2H3,(H2,14,16,17)(H,18,19,20)(H,21,22,23)(H,24,25,26)/t8-,9-,11-/m1/s1. The van der Waals surface area contributed by atoms with Crippen LogP contribution in [0.2, 0.25) is 0 Å². The highest BCUT2D eigenvalue weighted by atomic mass is 32.2. The van der Waals surface area contributed by atoms with Crippen LogP contribution in [0.5, 0.6) is 0 Å². The number of rotatable bonds is 9. The summed E-state index contributed by atoms with van der Waals surface area (Å²) in [5, 5.41) is 9.53. The molecule has 14 nitrogen and oxygen atoms in total. The van der Waals surface area contributed by atoms with E-state index >= 15 is 0 Å². The Morgan fingerprint density at radius 2 is 1.83 bits per heavy atom. The predicted octanol–water partition coefficient (Wildman–Crippen LogP) is -2.68. The van der Waals surface area contributed by atoms with Crippen LogP contribution < -0.4 is 21.3 Å². The van der Waals surface area contributed by atoms with Crippen molar-refractivity contribution in [1.82, 2.24) is 21.3 Å². The molecular formula is C12H25N5O9S3. The molecule has 170 valence electrons. The van der Waals surface area contributed by atoms with Crippen LogP contribution in [0.25, 0.3) is 0 Å². The summed E-state index contributed by atoms with van der Waals surface area (Å²) in [5.74, 6) is -0.591. The van der Waals surface area contributed by atoms with Crippen molar-refractivity contribution in [3.05, 3.63) is 11.0 Å². The van der Waals surface area contributed by atoms with Crippen LogP contribution in [0.4, 0.5) is 0 Å². The van der Waals surface area contributed by atoms with E-state index in [4.69, 9.17) is 4.55 Å². The van der Waals surface area contributed by atoms with E-state index in [1.807, 2.05) is 0 Å². The second kappa shape index (κ2) is 10.1.